The maximum absolute atomic E-state index is 6.37. The van der Waals surface area contributed by atoms with Gasteiger partial charge in [0.2, 0.25) is 0 Å². The van der Waals surface area contributed by atoms with E-state index in [9.17, 15) is 0 Å². The third-order valence-electron chi connectivity index (χ3n) is 4.25. The highest BCUT2D eigenvalue weighted by atomic mass is 35.5. The summed E-state index contributed by atoms with van der Waals surface area (Å²) < 4.78 is 5.52. The van der Waals surface area contributed by atoms with Crippen LogP contribution < -0.4 is 5.32 Å². The van der Waals surface area contributed by atoms with Crippen molar-refractivity contribution in [3.05, 3.63) is 34.9 Å². The molecule has 17 heavy (non-hydrogen) atoms. The highest BCUT2D eigenvalue weighted by Crippen LogP contribution is 2.45. The van der Waals surface area contributed by atoms with Gasteiger partial charge in [-0.3, -0.25) is 0 Å². The first kappa shape index (κ1) is 11.5. The van der Waals surface area contributed by atoms with Crippen LogP contribution in [0.25, 0.3) is 0 Å². The Morgan fingerprint density at radius 1 is 1.18 bits per heavy atom. The molecule has 0 unspecified atom stereocenters. The zero-order chi connectivity index (χ0) is 11.7. The van der Waals surface area contributed by atoms with E-state index in [0.29, 0.717) is 5.92 Å². The van der Waals surface area contributed by atoms with Gasteiger partial charge in [0.1, 0.15) is 0 Å². The predicted molar refractivity (Wildman–Crippen MR) is 69.5 cm³/mol. The molecule has 0 atom stereocenters. The number of ether oxygens (including phenoxy) is 1. The van der Waals surface area contributed by atoms with E-state index in [-0.39, 0.29) is 5.41 Å². The lowest BCUT2D eigenvalue weighted by molar-refractivity contribution is -0.0963. The third kappa shape index (κ3) is 1.88. The molecule has 2 aliphatic rings. The first-order chi connectivity index (χ1) is 8.33. The summed E-state index contributed by atoms with van der Waals surface area (Å²) in [5.41, 5.74) is 1.47. The van der Waals surface area contributed by atoms with Crippen LogP contribution in [-0.2, 0) is 10.2 Å². The van der Waals surface area contributed by atoms with Crippen molar-refractivity contribution >= 4 is 11.6 Å². The molecule has 3 heteroatoms. The van der Waals surface area contributed by atoms with Crippen molar-refractivity contribution in [1.82, 2.24) is 5.32 Å². The fourth-order valence-corrected chi connectivity index (χ4v) is 3.50. The Morgan fingerprint density at radius 2 is 1.88 bits per heavy atom. The Labute approximate surface area is 107 Å². The van der Waals surface area contributed by atoms with Crippen molar-refractivity contribution in [2.45, 2.75) is 18.3 Å². The van der Waals surface area contributed by atoms with Crippen molar-refractivity contribution < 1.29 is 4.74 Å². The summed E-state index contributed by atoms with van der Waals surface area (Å²) in [6, 6.07) is 8.26. The Bertz CT molecular complexity index is 397. The molecule has 1 aromatic carbocycles. The van der Waals surface area contributed by atoms with Gasteiger partial charge in [0.25, 0.3) is 0 Å². The van der Waals surface area contributed by atoms with Gasteiger partial charge in [-0.15, -0.1) is 0 Å². The minimum absolute atomic E-state index is 0.181. The Balaban J connectivity index is 1.93. The summed E-state index contributed by atoms with van der Waals surface area (Å²) in [4.78, 5) is 0. The number of rotatable bonds is 2. The van der Waals surface area contributed by atoms with E-state index in [1.807, 2.05) is 12.1 Å². The maximum atomic E-state index is 6.37. The molecule has 2 saturated heterocycles. The molecular weight excluding hydrogens is 234 g/mol. The maximum Gasteiger partial charge on any atom is 0.0588 e. The number of piperidine rings is 1. The van der Waals surface area contributed by atoms with Crippen LogP contribution in [0.15, 0.2) is 24.3 Å². The molecule has 2 nitrogen and oxygen atoms in total. The van der Waals surface area contributed by atoms with E-state index >= 15 is 0 Å². The van der Waals surface area contributed by atoms with E-state index in [0.717, 1.165) is 31.3 Å². The minimum Gasteiger partial charge on any atom is -0.379 e. The van der Waals surface area contributed by atoms with Crippen LogP contribution in [0.5, 0.6) is 0 Å². The molecule has 1 N–H and O–H groups in total. The van der Waals surface area contributed by atoms with E-state index < -0.39 is 0 Å². The first-order valence-electron chi connectivity index (χ1n) is 6.36. The first-order valence-corrected chi connectivity index (χ1v) is 6.74. The fraction of sp³-hybridized carbons (Fsp3) is 0.571. The van der Waals surface area contributed by atoms with Crippen molar-refractivity contribution in [1.29, 1.82) is 0 Å². The van der Waals surface area contributed by atoms with Gasteiger partial charge < -0.3 is 10.1 Å². The molecule has 92 valence electrons. The highest BCUT2D eigenvalue weighted by molar-refractivity contribution is 6.31. The molecule has 0 spiro atoms. The topological polar surface area (TPSA) is 21.3 Å². The number of hydrogen-bond donors (Lipinski definition) is 1. The molecule has 0 aliphatic carbocycles. The summed E-state index contributed by atoms with van der Waals surface area (Å²) in [5.74, 6) is 0.706. The monoisotopic (exact) mass is 251 g/mol. The number of hydrogen-bond acceptors (Lipinski definition) is 2. The lowest BCUT2D eigenvalue weighted by atomic mass is 9.65. The molecule has 2 fully saturated rings. The van der Waals surface area contributed by atoms with E-state index in [1.165, 1.54) is 18.4 Å². The average Bonchev–Trinajstić information content (AvgIpc) is 2.32. The van der Waals surface area contributed by atoms with Crippen molar-refractivity contribution in [3.8, 4) is 0 Å². The predicted octanol–water partition coefficient (Wildman–Crippen LogP) is 2.61. The molecule has 0 radical (unpaired) electrons. The third-order valence-corrected chi connectivity index (χ3v) is 4.58. The van der Waals surface area contributed by atoms with Gasteiger partial charge in [-0.05, 0) is 43.5 Å². The van der Waals surface area contributed by atoms with E-state index in [1.54, 1.807) is 0 Å². The molecule has 0 amide bonds. The second-order valence-corrected chi connectivity index (χ2v) is 5.56. The summed E-state index contributed by atoms with van der Waals surface area (Å²) >= 11 is 6.37. The Hall–Kier alpha value is -0.570. The summed E-state index contributed by atoms with van der Waals surface area (Å²) in [6.07, 6.45) is 2.46. The van der Waals surface area contributed by atoms with Gasteiger partial charge in [0, 0.05) is 10.4 Å². The standard InChI is InChI=1S/C14H18ClNO/c15-13-4-2-1-3-12(13)14(9-17-10-14)11-5-7-16-8-6-11/h1-4,11,16H,5-10H2. The Kier molecular flexibility index (Phi) is 3.12. The van der Waals surface area contributed by atoms with Crippen LogP contribution in [0, 0.1) is 5.92 Å². The molecule has 2 aliphatic heterocycles. The second kappa shape index (κ2) is 4.60. The summed E-state index contributed by atoms with van der Waals surface area (Å²) in [7, 11) is 0. The molecule has 1 aromatic rings. The largest absolute Gasteiger partial charge is 0.379 e. The average molecular weight is 252 g/mol. The number of halogens is 1. The van der Waals surface area contributed by atoms with Crippen LogP contribution in [0.4, 0.5) is 0 Å². The molecule has 0 saturated carbocycles. The van der Waals surface area contributed by atoms with Crippen LogP contribution in [-0.4, -0.2) is 26.3 Å². The zero-order valence-electron chi connectivity index (χ0n) is 9.92. The summed E-state index contributed by atoms with van der Waals surface area (Å²) in [6.45, 7) is 3.91. The molecule has 0 bridgehead atoms. The highest BCUT2D eigenvalue weighted by Gasteiger charge is 2.47. The second-order valence-electron chi connectivity index (χ2n) is 5.15. The fourth-order valence-electron chi connectivity index (χ4n) is 3.17. The normalized spacial score (nSPS) is 24.3. The van der Waals surface area contributed by atoms with Gasteiger partial charge in [-0.1, -0.05) is 29.8 Å². The van der Waals surface area contributed by atoms with Gasteiger partial charge in [0.05, 0.1) is 13.2 Å². The lowest BCUT2D eigenvalue weighted by Gasteiger charge is -2.49. The van der Waals surface area contributed by atoms with Gasteiger partial charge >= 0.3 is 0 Å². The van der Waals surface area contributed by atoms with Gasteiger partial charge in [-0.2, -0.15) is 0 Å². The number of benzene rings is 1. The van der Waals surface area contributed by atoms with Crippen molar-refractivity contribution in [3.63, 3.8) is 0 Å². The molecule has 0 aromatic heterocycles. The lowest BCUT2D eigenvalue weighted by Crippen LogP contribution is -2.54. The quantitative estimate of drug-likeness (QED) is 0.873. The Morgan fingerprint density at radius 3 is 2.47 bits per heavy atom. The summed E-state index contributed by atoms with van der Waals surface area (Å²) in [5, 5.41) is 4.32. The number of nitrogens with one attached hydrogen (secondary N) is 1. The van der Waals surface area contributed by atoms with Crippen molar-refractivity contribution in [2.75, 3.05) is 26.3 Å². The van der Waals surface area contributed by atoms with E-state index in [4.69, 9.17) is 16.3 Å². The minimum atomic E-state index is 0.181. The molecule has 3 rings (SSSR count). The molecular formula is C14H18ClNO. The molecule has 2 heterocycles. The van der Waals surface area contributed by atoms with Gasteiger partial charge in [0.15, 0.2) is 0 Å². The van der Waals surface area contributed by atoms with Crippen LogP contribution in [0.1, 0.15) is 18.4 Å². The van der Waals surface area contributed by atoms with Gasteiger partial charge in [-0.25, -0.2) is 0 Å². The van der Waals surface area contributed by atoms with Crippen LogP contribution in [0.2, 0.25) is 5.02 Å². The zero-order valence-corrected chi connectivity index (χ0v) is 10.7. The smallest absolute Gasteiger partial charge is 0.0588 e. The van der Waals surface area contributed by atoms with E-state index in [2.05, 4.69) is 17.4 Å². The van der Waals surface area contributed by atoms with Crippen LogP contribution in [0.3, 0.4) is 0 Å². The van der Waals surface area contributed by atoms with Crippen molar-refractivity contribution in [2.24, 2.45) is 5.92 Å². The SMILES string of the molecule is Clc1ccccc1C1(C2CCNCC2)COC1. The van der Waals surface area contributed by atoms with Crippen LogP contribution >= 0.6 is 11.6 Å².